The molecule has 2 heteroatoms. The van der Waals surface area contributed by atoms with Gasteiger partial charge in [0.05, 0.1) is 11.7 Å². The minimum atomic E-state index is -0.382. The lowest BCUT2D eigenvalue weighted by atomic mass is 9.43. The molecule has 10 atom stereocenters. The number of rotatable bonds is 4. The summed E-state index contributed by atoms with van der Waals surface area (Å²) in [6.07, 6.45) is 15.0. The van der Waals surface area contributed by atoms with Crippen LogP contribution in [-0.2, 0) is 0 Å². The molecular weight excluding hydrogens is 356 g/mol. The standard InChI is InChI=1S/C27H46O2/c1-5-27(29)15-14-25(3)19(16-27)8-9-20-22-11-10-21(17(2)24(28)18-6-7-18)26(22,4)13-12-23(20)25/h17-24,28-29H,5-16H2,1-4H3/t17-,19+,20-,21+,22-,23-,24+,25-,26+,27-/m0/s1. The van der Waals surface area contributed by atoms with Crippen LogP contribution in [0.3, 0.4) is 0 Å². The zero-order valence-corrected chi connectivity index (χ0v) is 19.5. The van der Waals surface area contributed by atoms with Crippen LogP contribution in [0.4, 0.5) is 0 Å². The van der Waals surface area contributed by atoms with Crippen LogP contribution in [0.15, 0.2) is 0 Å². The molecule has 166 valence electrons. The Labute approximate surface area is 179 Å². The minimum Gasteiger partial charge on any atom is -0.393 e. The molecule has 5 aliphatic rings. The van der Waals surface area contributed by atoms with E-state index in [1.807, 2.05) is 0 Å². The zero-order valence-electron chi connectivity index (χ0n) is 19.5. The van der Waals surface area contributed by atoms with Crippen LogP contribution in [0.5, 0.6) is 0 Å². The van der Waals surface area contributed by atoms with Crippen LogP contribution in [0, 0.1) is 52.3 Å². The topological polar surface area (TPSA) is 40.5 Å². The van der Waals surface area contributed by atoms with E-state index < -0.39 is 0 Å². The van der Waals surface area contributed by atoms with Crippen molar-refractivity contribution in [3.05, 3.63) is 0 Å². The first-order chi connectivity index (χ1) is 13.7. The van der Waals surface area contributed by atoms with E-state index in [9.17, 15) is 10.2 Å². The number of hydrogen-bond donors (Lipinski definition) is 2. The van der Waals surface area contributed by atoms with Gasteiger partial charge in [-0.2, -0.15) is 0 Å². The Morgan fingerprint density at radius 2 is 1.59 bits per heavy atom. The van der Waals surface area contributed by atoms with Crippen molar-refractivity contribution in [2.45, 2.75) is 116 Å². The zero-order chi connectivity index (χ0) is 20.6. The van der Waals surface area contributed by atoms with E-state index in [0.29, 0.717) is 22.7 Å². The van der Waals surface area contributed by atoms with E-state index >= 15 is 0 Å². The van der Waals surface area contributed by atoms with Crippen molar-refractivity contribution in [3.63, 3.8) is 0 Å². The molecule has 5 rings (SSSR count). The second kappa shape index (κ2) is 6.96. The lowest BCUT2D eigenvalue weighted by molar-refractivity contribution is -0.154. The SMILES string of the molecule is CC[C@]1(O)CC[C@@]2(C)[C@H](CC[C@@H]3[C@@H]2CC[C@]2(C)[C@@H]([C@H](C)[C@@H](O)C4CC4)CC[C@@H]32)C1. The normalized spacial score (nSPS) is 54.2. The van der Waals surface area contributed by atoms with Gasteiger partial charge in [0.25, 0.3) is 0 Å². The van der Waals surface area contributed by atoms with Crippen molar-refractivity contribution < 1.29 is 10.2 Å². The summed E-state index contributed by atoms with van der Waals surface area (Å²) in [5.41, 5.74) is 0.536. The van der Waals surface area contributed by atoms with Crippen molar-refractivity contribution in [1.29, 1.82) is 0 Å². The molecule has 0 aliphatic heterocycles. The molecule has 5 fully saturated rings. The Morgan fingerprint density at radius 1 is 0.862 bits per heavy atom. The van der Waals surface area contributed by atoms with Crippen LogP contribution >= 0.6 is 0 Å². The molecule has 0 heterocycles. The van der Waals surface area contributed by atoms with Crippen LogP contribution < -0.4 is 0 Å². The van der Waals surface area contributed by atoms with Crippen LogP contribution in [0.1, 0.15) is 105 Å². The molecule has 2 N–H and O–H groups in total. The van der Waals surface area contributed by atoms with Crippen molar-refractivity contribution in [2.24, 2.45) is 52.3 Å². The molecule has 0 aromatic carbocycles. The molecular formula is C27H46O2. The third kappa shape index (κ3) is 3.09. The molecule has 0 aromatic heterocycles. The molecule has 0 spiro atoms. The van der Waals surface area contributed by atoms with E-state index in [1.54, 1.807) is 0 Å². The van der Waals surface area contributed by atoms with Gasteiger partial charge >= 0.3 is 0 Å². The van der Waals surface area contributed by atoms with E-state index in [4.69, 9.17) is 0 Å². The summed E-state index contributed by atoms with van der Waals surface area (Å²) >= 11 is 0. The fourth-order valence-corrected chi connectivity index (χ4v) is 9.65. The van der Waals surface area contributed by atoms with Gasteiger partial charge in [0.1, 0.15) is 0 Å². The first-order valence-corrected chi connectivity index (χ1v) is 13.1. The number of fused-ring (bicyclic) bond motifs is 5. The van der Waals surface area contributed by atoms with Gasteiger partial charge in [-0.05, 0) is 129 Å². The third-order valence-electron chi connectivity index (χ3n) is 11.8. The van der Waals surface area contributed by atoms with Crippen molar-refractivity contribution in [1.82, 2.24) is 0 Å². The van der Waals surface area contributed by atoms with Gasteiger partial charge in [-0.15, -0.1) is 0 Å². The predicted octanol–water partition coefficient (Wildman–Crippen LogP) is 6.19. The highest BCUT2D eigenvalue weighted by molar-refractivity contribution is 5.11. The molecule has 0 radical (unpaired) electrons. The smallest absolute Gasteiger partial charge is 0.0648 e. The Hall–Kier alpha value is -0.0800. The number of aliphatic hydroxyl groups is 2. The lowest BCUT2D eigenvalue weighted by Crippen LogP contribution is -2.56. The summed E-state index contributed by atoms with van der Waals surface area (Å²) < 4.78 is 0. The quantitative estimate of drug-likeness (QED) is 0.588. The highest BCUT2D eigenvalue weighted by Crippen LogP contribution is 2.69. The van der Waals surface area contributed by atoms with Gasteiger partial charge in [0.15, 0.2) is 0 Å². The Bertz CT molecular complexity index is 628. The lowest BCUT2D eigenvalue weighted by Gasteiger charge is -2.62. The maximum absolute atomic E-state index is 11.0. The number of aliphatic hydroxyl groups excluding tert-OH is 1. The van der Waals surface area contributed by atoms with Gasteiger partial charge < -0.3 is 10.2 Å². The summed E-state index contributed by atoms with van der Waals surface area (Å²) in [7, 11) is 0. The molecule has 0 aromatic rings. The second-order valence-corrected chi connectivity index (χ2v) is 12.9. The molecule has 0 bridgehead atoms. The summed E-state index contributed by atoms with van der Waals surface area (Å²) in [4.78, 5) is 0. The van der Waals surface area contributed by atoms with E-state index in [1.165, 1.54) is 57.8 Å². The highest BCUT2D eigenvalue weighted by Gasteiger charge is 2.62. The molecule has 5 aliphatic carbocycles. The fourth-order valence-electron chi connectivity index (χ4n) is 9.65. The van der Waals surface area contributed by atoms with E-state index in [0.717, 1.165) is 48.9 Å². The molecule has 0 amide bonds. The predicted molar refractivity (Wildman–Crippen MR) is 118 cm³/mol. The van der Waals surface area contributed by atoms with Crippen LogP contribution in [0.2, 0.25) is 0 Å². The summed E-state index contributed by atoms with van der Waals surface area (Å²) in [5.74, 6) is 5.21. The van der Waals surface area contributed by atoms with Gasteiger partial charge in [-0.1, -0.05) is 27.7 Å². The maximum Gasteiger partial charge on any atom is 0.0648 e. The average Bonchev–Trinajstić information content (AvgIpc) is 3.49. The first-order valence-electron chi connectivity index (χ1n) is 13.1. The minimum absolute atomic E-state index is 0.0494. The fraction of sp³-hybridized carbons (Fsp3) is 1.00. The van der Waals surface area contributed by atoms with Gasteiger partial charge in [-0.3, -0.25) is 0 Å². The van der Waals surface area contributed by atoms with Crippen molar-refractivity contribution >= 4 is 0 Å². The van der Waals surface area contributed by atoms with Crippen LogP contribution in [0.25, 0.3) is 0 Å². The first kappa shape index (κ1) is 20.8. The molecule has 0 saturated heterocycles. The van der Waals surface area contributed by atoms with E-state index in [-0.39, 0.29) is 11.7 Å². The van der Waals surface area contributed by atoms with Crippen molar-refractivity contribution in [2.75, 3.05) is 0 Å². The average molecular weight is 403 g/mol. The van der Waals surface area contributed by atoms with E-state index in [2.05, 4.69) is 27.7 Å². The maximum atomic E-state index is 11.0. The third-order valence-corrected chi connectivity index (χ3v) is 11.8. The summed E-state index contributed by atoms with van der Waals surface area (Å²) in [6.45, 7) is 9.78. The van der Waals surface area contributed by atoms with Crippen LogP contribution in [-0.4, -0.2) is 21.9 Å². The van der Waals surface area contributed by atoms with Gasteiger partial charge in [0.2, 0.25) is 0 Å². The van der Waals surface area contributed by atoms with Gasteiger partial charge in [-0.25, -0.2) is 0 Å². The summed E-state index contributed by atoms with van der Waals surface area (Å²) in [5, 5.41) is 21.9. The Morgan fingerprint density at radius 3 is 2.28 bits per heavy atom. The molecule has 0 unspecified atom stereocenters. The van der Waals surface area contributed by atoms with Gasteiger partial charge in [0, 0.05) is 0 Å². The number of hydrogen-bond acceptors (Lipinski definition) is 2. The Balaban J connectivity index is 1.35. The Kier molecular flexibility index (Phi) is 4.99. The van der Waals surface area contributed by atoms with Crippen molar-refractivity contribution in [3.8, 4) is 0 Å². The molecule has 5 saturated carbocycles. The molecule has 2 nitrogen and oxygen atoms in total. The molecule has 29 heavy (non-hydrogen) atoms. The second-order valence-electron chi connectivity index (χ2n) is 12.9. The summed E-state index contributed by atoms with van der Waals surface area (Å²) in [6, 6.07) is 0. The highest BCUT2D eigenvalue weighted by atomic mass is 16.3. The monoisotopic (exact) mass is 402 g/mol. The largest absolute Gasteiger partial charge is 0.393 e.